The van der Waals surface area contributed by atoms with Gasteiger partial charge in [-0.05, 0) is 50.8 Å². The Labute approximate surface area is 225 Å². The lowest BCUT2D eigenvalue weighted by Gasteiger charge is -2.41. The van der Waals surface area contributed by atoms with Crippen LogP contribution in [-0.2, 0) is 10.2 Å². The number of nitrogens with zero attached hydrogens (tertiary/aromatic N) is 6. The minimum atomic E-state index is -0.603. The fraction of sp³-hybridized carbons (Fsp3) is 0.423. The molecule has 4 heterocycles. The van der Waals surface area contributed by atoms with E-state index in [1.54, 1.807) is 25.3 Å². The number of carbonyl (C=O) groups is 1. The lowest BCUT2D eigenvalue weighted by Crippen LogP contribution is -2.47. The molecular formula is C26H27Cl2N7O2. The van der Waals surface area contributed by atoms with Crippen molar-refractivity contribution in [1.82, 2.24) is 24.6 Å². The van der Waals surface area contributed by atoms with Crippen LogP contribution in [0.5, 0.6) is 0 Å². The number of nitrogens with one attached hydrogen (secondary N) is 1. The molecule has 0 bridgehead atoms. The predicted octanol–water partition coefficient (Wildman–Crippen LogP) is 4.57. The van der Waals surface area contributed by atoms with Gasteiger partial charge < -0.3 is 10.1 Å². The molecule has 3 aromatic rings. The molecule has 1 amide bonds. The quantitative estimate of drug-likeness (QED) is 0.505. The molecule has 11 heteroatoms. The standard InChI is InChI=1S/C26H27Cl2N7O2/c1-17-21(15-32-35(17)24-22(28)12-18(27)13-31-24)25(36)33-19-2-3-23(30-14-19)26(16-29)6-4-20(5-7-26)34-8-10-37-11-9-34/h2-3,12-15,20H,4-11H2,1H3,(H,33,36). The van der Waals surface area contributed by atoms with Crippen molar-refractivity contribution >= 4 is 34.8 Å². The Hall–Kier alpha value is -3.03. The van der Waals surface area contributed by atoms with Crippen LogP contribution in [0.15, 0.2) is 36.8 Å². The Morgan fingerprint density at radius 3 is 2.57 bits per heavy atom. The third-order valence-corrected chi connectivity index (χ3v) is 7.82. The number of ether oxygens (including phenoxy) is 1. The van der Waals surface area contributed by atoms with Crippen LogP contribution in [0.4, 0.5) is 5.69 Å². The Balaban J connectivity index is 1.26. The third-order valence-electron chi connectivity index (χ3n) is 7.34. The van der Waals surface area contributed by atoms with Gasteiger partial charge in [0.05, 0.1) is 69.8 Å². The molecule has 0 aromatic carbocycles. The van der Waals surface area contributed by atoms with E-state index in [0.717, 1.165) is 57.7 Å². The van der Waals surface area contributed by atoms with Gasteiger partial charge in [-0.3, -0.25) is 14.7 Å². The number of amides is 1. The SMILES string of the molecule is Cc1c(C(=O)Nc2ccc(C3(C#N)CCC(N4CCOCC4)CC3)nc2)cnn1-c1ncc(Cl)cc1Cl. The van der Waals surface area contributed by atoms with Gasteiger partial charge in [0.2, 0.25) is 0 Å². The molecule has 0 spiro atoms. The van der Waals surface area contributed by atoms with Gasteiger partial charge >= 0.3 is 0 Å². The van der Waals surface area contributed by atoms with E-state index in [-0.39, 0.29) is 5.91 Å². The summed E-state index contributed by atoms with van der Waals surface area (Å²) in [6.07, 6.45) is 8.01. The number of carbonyl (C=O) groups excluding carboxylic acids is 1. The number of hydrogen-bond acceptors (Lipinski definition) is 7. The van der Waals surface area contributed by atoms with Crippen molar-refractivity contribution < 1.29 is 9.53 Å². The number of nitriles is 1. The summed E-state index contributed by atoms with van der Waals surface area (Å²) in [6, 6.07) is 8.26. The fourth-order valence-electron chi connectivity index (χ4n) is 5.19. The van der Waals surface area contributed by atoms with Crippen LogP contribution < -0.4 is 5.32 Å². The molecular weight excluding hydrogens is 513 g/mol. The van der Waals surface area contributed by atoms with Gasteiger partial charge in [-0.1, -0.05) is 23.2 Å². The van der Waals surface area contributed by atoms with Gasteiger partial charge in [0, 0.05) is 25.3 Å². The molecule has 3 aromatic heterocycles. The molecule has 1 aliphatic carbocycles. The van der Waals surface area contributed by atoms with Crippen molar-refractivity contribution in [3.8, 4) is 11.9 Å². The maximum atomic E-state index is 13.0. The first-order valence-electron chi connectivity index (χ1n) is 12.3. The van der Waals surface area contributed by atoms with E-state index in [1.807, 2.05) is 6.07 Å². The maximum Gasteiger partial charge on any atom is 0.259 e. The van der Waals surface area contributed by atoms with Gasteiger partial charge in [0.25, 0.3) is 5.91 Å². The van der Waals surface area contributed by atoms with Gasteiger partial charge in [-0.15, -0.1) is 0 Å². The highest BCUT2D eigenvalue weighted by atomic mass is 35.5. The highest BCUT2D eigenvalue weighted by molar-refractivity contribution is 6.35. The normalized spacial score (nSPS) is 22.4. The summed E-state index contributed by atoms with van der Waals surface area (Å²) in [5.74, 6) is 0.0585. The molecule has 192 valence electrons. The van der Waals surface area contributed by atoms with Gasteiger partial charge in [0.15, 0.2) is 5.82 Å². The predicted molar refractivity (Wildman–Crippen MR) is 140 cm³/mol. The third kappa shape index (κ3) is 5.20. The van der Waals surface area contributed by atoms with E-state index in [1.165, 1.54) is 17.1 Å². The molecule has 37 heavy (non-hydrogen) atoms. The van der Waals surface area contributed by atoms with Gasteiger partial charge in [-0.2, -0.15) is 10.4 Å². The minimum absolute atomic E-state index is 0.329. The molecule has 1 N–H and O–H groups in total. The molecule has 1 saturated heterocycles. The van der Waals surface area contributed by atoms with E-state index in [0.29, 0.717) is 38.8 Å². The van der Waals surface area contributed by atoms with E-state index < -0.39 is 5.41 Å². The van der Waals surface area contributed by atoms with Crippen molar-refractivity contribution in [2.24, 2.45) is 0 Å². The number of rotatable bonds is 5. The van der Waals surface area contributed by atoms with Gasteiger partial charge in [0.1, 0.15) is 0 Å². The van der Waals surface area contributed by atoms with Gasteiger partial charge in [-0.25, -0.2) is 9.67 Å². The molecule has 0 unspecified atom stereocenters. The van der Waals surface area contributed by atoms with Crippen molar-refractivity contribution in [2.75, 3.05) is 31.6 Å². The summed E-state index contributed by atoms with van der Waals surface area (Å²) in [5, 5.41) is 18.0. The molecule has 9 nitrogen and oxygen atoms in total. The summed E-state index contributed by atoms with van der Waals surface area (Å²) in [7, 11) is 0. The maximum absolute atomic E-state index is 13.0. The van der Waals surface area contributed by atoms with Crippen molar-refractivity contribution in [1.29, 1.82) is 5.26 Å². The number of aromatic nitrogens is 4. The first kappa shape index (κ1) is 25.6. The van der Waals surface area contributed by atoms with E-state index >= 15 is 0 Å². The number of halogens is 2. The van der Waals surface area contributed by atoms with Crippen molar-refractivity contribution in [2.45, 2.75) is 44.1 Å². The molecule has 2 fully saturated rings. The summed E-state index contributed by atoms with van der Waals surface area (Å²) >= 11 is 12.2. The molecule has 1 saturated carbocycles. The Bertz CT molecular complexity index is 1320. The average Bonchev–Trinajstić information content (AvgIpc) is 3.30. The first-order valence-corrected chi connectivity index (χ1v) is 13.0. The second kappa shape index (κ2) is 10.8. The van der Waals surface area contributed by atoms with Crippen LogP contribution >= 0.6 is 23.2 Å². The second-order valence-electron chi connectivity index (χ2n) is 9.47. The van der Waals surface area contributed by atoms with Crippen molar-refractivity contribution in [3.63, 3.8) is 0 Å². The zero-order chi connectivity index (χ0) is 26.0. The highest BCUT2D eigenvalue weighted by Gasteiger charge is 2.40. The molecule has 5 rings (SSSR count). The summed E-state index contributed by atoms with van der Waals surface area (Å²) in [5.41, 5.74) is 1.65. The Morgan fingerprint density at radius 1 is 1.16 bits per heavy atom. The van der Waals surface area contributed by atoms with Crippen LogP contribution in [0.2, 0.25) is 10.0 Å². The smallest absolute Gasteiger partial charge is 0.259 e. The number of anilines is 1. The lowest BCUT2D eigenvalue weighted by molar-refractivity contribution is 0.00493. The number of morpholine rings is 1. The van der Waals surface area contributed by atoms with Crippen LogP contribution in [-0.4, -0.2) is 62.9 Å². The number of pyridine rings is 2. The zero-order valence-corrected chi connectivity index (χ0v) is 22.0. The van der Waals surface area contributed by atoms with Crippen molar-refractivity contribution in [3.05, 3.63) is 63.8 Å². The van der Waals surface area contributed by atoms with E-state index in [9.17, 15) is 10.1 Å². The Morgan fingerprint density at radius 2 is 1.92 bits per heavy atom. The monoisotopic (exact) mass is 539 g/mol. The highest BCUT2D eigenvalue weighted by Crippen LogP contribution is 2.40. The van der Waals surface area contributed by atoms with E-state index in [2.05, 4.69) is 31.4 Å². The molecule has 2 aliphatic rings. The first-order chi connectivity index (χ1) is 17.9. The summed E-state index contributed by atoms with van der Waals surface area (Å²) in [6.45, 7) is 5.23. The average molecular weight is 540 g/mol. The molecule has 0 atom stereocenters. The number of hydrogen-bond donors (Lipinski definition) is 1. The Kier molecular flexibility index (Phi) is 7.45. The topological polar surface area (TPSA) is 109 Å². The molecule has 1 aliphatic heterocycles. The second-order valence-corrected chi connectivity index (χ2v) is 10.3. The van der Waals surface area contributed by atoms with Crippen LogP contribution in [0, 0.1) is 18.3 Å². The largest absolute Gasteiger partial charge is 0.379 e. The molecule has 0 radical (unpaired) electrons. The zero-order valence-electron chi connectivity index (χ0n) is 20.5. The van der Waals surface area contributed by atoms with Crippen LogP contribution in [0.3, 0.4) is 0 Å². The van der Waals surface area contributed by atoms with Crippen LogP contribution in [0.25, 0.3) is 5.82 Å². The van der Waals surface area contributed by atoms with E-state index in [4.69, 9.17) is 27.9 Å². The summed E-state index contributed by atoms with van der Waals surface area (Å²) in [4.78, 5) is 24.3. The summed E-state index contributed by atoms with van der Waals surface area (Å²) < 4.78 is 6.97. The van der Waals surface area contributed by atoms with Crippen LogP contribution in [0.1, 0.15) is 47.4 Å². The fourth-order valence-corrected chi connectivity index (χ4v) is 5.65. The minimum Gasteiger partial charge on any atom is -0.379 e. The lowest BCUT2D eigenvalue weighted by atomic mass is 9.71.